The highest BCUT2D eigenvalue weighted by molar-refractivity contribution is 7.99. The molecule has 0 aliphatic rings. The number of para-hydroxylation sites is 1. The van der Waals surface area contributed by atoms with E-state index in [0.717, 1.165) is 29.8 Å². The summed E-state index contributed by atoms with van der Waals surface area (Å²) in [6.07, 6.45) is 1.65. The highest BCUT2D eigenvalue weighted by Crippen LogP contribution is 2.23. The Bertz CT molecular complexity index is 1050. The second-order valence-corrected chi connectivity index (χ2v) is 7.83. The Morgan fingerprint density at radius 1 is 1.32 bits per heavy atom. The predicted molar refractivity (Wildman–Crippen MR) is 115 cm³/mol. The molecule has 1 atom stereocenters. The van der Waals surface area contributed by atoms with Crippen molar-refractivity contribution in [2.45, 2.75) is 51.7 Å². The van der Waals surface area contributed by atoms with E-state index < -0.39 is 0 Å². The zero-order chi connectivity index (χ0) is 20.3. The van der Waals surface area contributed by atoms with Crippen LogP contribution in [0.1, 0.15) is 44.5 Å². The molecule has 0 bridgehead atoms. The van der Waals surface area contributed by atoms with Crippen molar-refractivity contribution in [3.63, 3.8) is 0 Å². The van der Waals surface area contributed by atoms with Crippen molar-refractivity contribution in [2.24, 2.45) is 0 Å². The van der Waals surface area contributed by atoms with E-state index in [2.05, 4.69) is 22.2 Å². The minimum atomic E-state index is -0.110. The van der Waals surface area contributed by atoms with Crippen molar-refractivity contribution < 1.29 is 4.79 Å². The van der Waals surface area contributed by atoms with Gasteiger partial charge in [-0.15, -0.1) is 0 Å². The van der Waals surface area contributed by atoms with E-state index in [1.807, 2.05) is 51.1 Å². The molecule has 0 saturated heterocycles. The average Bonchev–Trinajstić information content (AvgIpc) is 3.07. The number of rotatable bonds is 7. The molecule has 0 saturated carbocycles. The Labute approximate surface area is 168 Å². The molecule has 3 rings (SSSR count). The van der Waals surface area contributed by atoms with E-state index in [1.54, 1.807) is 4.57 Å². The molecule has 3 aromatic rings. The average molecular weight is 399 g/mol. The molecule has 148 valence electrons. The fraction of sp³-hybridized carbons (Fsp3) is 0.381. The summed E-state index contributed by atoms with van der Waals surface area (Å²) in [5.41, 5.74) is 3.89. The molecule has 2 N–H and O–H groups in total. The Hall–Kier alpha value is -2.54. The van der Waals surface area contributed by atoms with Gasteiger partial charge in [0.25, 0.3) is 5.56 Å². The van der Waals surface area contributed by atoms with Crippen LogP contribution in [0.3, 0.4) is 0 Å². The molecular weight excluding hydrogens is 372 g/mol. The predicted octanol–water partition coefficient (Wildman–Crippen LogP) is 4.30. The fourth-order valence-electron chi connectivity index (χ4n) is 3.13. The maximum atomic E-state index is 13.0. The van der Waals surface area contributed by atoms with Gasteiger partial charge in [-0.1, -0.05) is 43.8 Å². The number of aromatic nitrogens is 3. The number of aryl methyl sites for hydroxylation is 2. The van der Waals surface area contributed by atoms with Crippen LogP contribution >= 0.6 is 11.8 Å². The first-order chi connectivity index (χ1) is 13.4. The van der Waals surface area contributed by atoms with Gasteiger partial charge in [0.2, 0.25) is 5.91 Å². The lowest BCUT2D eigenvalue weighted by Gasteiger charge is -2.17. The van der Waals surface area contributed by atoms with E-state index in [4.69, 9.17) is 0 Å². The van der Waals surface area contributed by atoms with E-state index >= 15 is 0 Å². The van der Waals surface area contributed by atoms with E-state index in [0.29, 0.717) is 16.2 Å². The van der Waals surface area contributed by atoms with Crippen LogP contribution in [0.2, 0.25) is 0 Å². The maximum Gasteiger partial charge on any atom is 0.278 e. The molecule has 2 heterocycles. The van der Waals surface area contributed by atoms with Gasteiger partial charge in [-0.3, -0.25) is 14.2 Å². The van der Waals surface area contributed by atoms with Gasteiger partial charge in [-0.05, 0) is 44.4 Å². The van der Waals surface area contributed by atoms with Crippen molar-refractivity contribution >= 4 is 34.4 Å². The molecule has 1 aromatic carbocycles. The second-order valence-electron chi connectivity index (χ2n) is 6.89. The number of nitrogens with one attached hydrogen (secondary N) is 2. The number of anilines is 1. The Kier molecular flexibility index (Phi) is 6.24. The first-order valence-electron chi connectivity index (χ1n) is 9.57. The zero-order valence-corrected chi connectivity index (χ0v) is 17.5. The largest absolute Gasteiger partial charge is 0.353 e. The van der Waals surface area contributed by atoms with Crippen molar-refractivity contribution in [2.75, 3.05) is 11.1 Å². The number of benzene rings is 1. The van der Waals surface area contributed by atoms with Crippen LogP contribution in [0.15, 0.2) is 40.3 Å². The second kappa shape index (κ2) is 8.65. The number of fused-ring (bicyclic) bond motifs is 1. The molecule has 0 aliphatic heterocycles. The number of hydrogen-bond acceptors (Lipinski definition) is 4. The van der Waals surface area contributed by atoms with Gasteiger partial charge in [-0.25, -0.2) is 4.98 Å². The number of carbonyl (C=O) groups is 1. The van der Waals surface area contributed by atoms with Crippen LogP contribution in [0.4, 0.5) is 5.69 Å². The van der Waals surface area contributed by atoms with Crippen LogP contribution in [0, 0.1) is 6.92 Å². The highest BCUT2D eigenvalue weighted by Gasteiger charge is 2.18. The van der Waals surface area contributed by atoms with Crippen LogP contribution in [-0.4, -0.2) is 26.2 Å². The lowest BCUT2D eigenvalue weighted by atomic mass is 10.1. The number of carbonyl (C=O) groups excluding carboxylic acids is 1. The number of aromatic amines is 1. The smallest absolute Gasteiger partial charge is 0.278 e. The first-order valence-corrected chi connectivity index (χ1v) is 10.6. The van der Waals surface area contributed by atoms with E-state index in [9.17, 15) is 9.59 Å². The van der Waals surface area contributed by atoms with Gasteiger partial charge in [0, 0.05) is 17.4 Å². The van der Waals surface area contributed by atoms with Gasteiger partial charge in [0.1, 0.15) is 5.52 Å². The third-order valence-electron chi connectivity index (χ3n) is 4.82. The minimum absolute atomic E-state index is 0.000570. The number of thioether (sulfide) groups is 1. The summed E-state index contributed by atoms with van der Waals surface area (Å²) < 4.78 is 1.69. The van der Waals surface area contributed by atoms with Crippen LogP contribution in [0.5, 0.6) is 0 Å². The summed E-state index contributed by atoms with van der Waals surface area (Å²) >= 11 is 1.30. The maximum absolute atomic E-state index is 13.0. The Balaban J connectivity index is 1.85. The lowest BCUT2D eigenvalue weighted by Crippen LogP contribution is -2.26. The van der Waals surface area contributed by atoms with Gasteiger partial charge in [0.05, 0.1) is 11.3 Å². The first kappa shape index (κ1) is 20.2. The summed E-state index contributed by atoms with van der Waals surface area (Å²) in [6.45, 7) is 7.99. The topological polar surface area (TPSA) is 79.8 Å². The van der Waals surface area contributed by atoms with Gasteiger partial charge in [0.15, 0.2) is 5.16 Å². The van der Waals surface area contributed by atoms with Crippen molar-refractivity contribution in [1.82, 2.24) is 14.5 Å². The molecule has 0 spiro atoms. The van der Waals surface area contributed by atoms with Gasteiger partial charge >= 0.3 is 0 Å². The van der Waals surface area contributed by atoms with Crippen LogP contribution in [-0.2, 0) is 11.2 Å². The van der Waals surface area contributed by atoms with E-state index in [1.165, 1.54) is 11.8 Å². The molecule has 0 radical (unpaired) electrons. The van der Waals surface area contributed by atoms with Crippen molar-refractivity contribution in [1.29, 1.82) is 0 Å². The normalized spacial score (nSPS) is 12.3. The third-order valence-corrected chi connectivity index (χ3v) is 5.78. The number of hydrogen-bond donors (Lipinski definition) is 2. The molecule has 7 heteroatoms. The Morgan fingerprint density at radius 3 is 2.79 bits per heavy atom. The molecule has 6 nitrogen and oxygen atoms in total. The summed E-state index contributed by atoms with van der Waals surface area (Å²) in [5, 5.41) is 3.54. The number of nitrogens with zero attached hydrogens (tertiary/aromatic N) is 2. The summed E-state index contributed by atoms with van der Waals surface area (Å²) in [6, 6.07) is 9.65. The summed E-state index contributed by atoms with van der Waals surface area (Å²) in [5.74, 6) is 0.0803. The molecular formula is C21H26N4O2S. The van der Waals surface area contributed by atoms with Crippen molar-refractivity contribution in [3.8, 4) is 0 Å². The number of amides is 1. The monoisotopic (exact) mass is 398 g/mol. The van der Waals surface area contributed by atoms with E-state index in [-0.39, 0.29) is 23.3 Å². The van der Waals surface area contributed by atoms with Crippen LogP contribution < -0.4 is 10.9 Å². The fourth-order valence-corrected chi connectivity index (χ4v) is 4.03. The summed E-state index contributed by atoms with van der Waals surface area (Å²) in [7, 11) is 0. The zero-order valence-electron chi connectivity index (χ0n) is 16.7. The standard InChI is InChI=1S/C21H26N4O2S/c1-5-14(4)25-20(27)19-17(11-13(3)22-19)24-21(25)28-12-18(26)23-16-10-8-7-9-15(16)6-2/h7-11,14,22H,5-6,12H2,1-4H3,(H,23,26)/t14-/m1/s1. The molecule has 0 unspecified atom stereocenters. The molecule has 28 heavy (non-hydrogen) atoms. The lowest BCUT2D eigenvalue weighted by molar-refractivity contribution is -0.113. The molecule has 0 fully saturated rings. The third kappa shape index (κ3) is 4.14. The van der Waals surface area contributed by atoms with Gasteiger partial charge < -0.3 is 10.3 Å². The molecule has 2 aromatic heterocycles. The SMILES string of the molecule is CCc1ccccc1NC(=O)CSc1nc2cc(C)[nH]c2c(=O)n1[C@H](C)CC. The van der Waals surface area contributed by atoms with Crippen LogP contribution in [0.25, 0.3) is 11.0 Å². The van der Waals surface area contributed by atoms with Crippen molar-refractivity contribution in [3.05, 3.63) is 51.9 Å². The minimum Gasteiger partial charge on any atom is -0.353 e. The molecule has 1 amide bonds. The molecule has 0 aliphatic carbocycles. The Morgan fingerprint density at radius 2 is 2.07 bits per heavy atom. The number of H-pyrrole nitrogens is 1. The summed E-state index contributed by atoms with van der Waals surface area (Å²) in [4.78, 5) is 33.2. The van der Waals surface area contributed by atoms with Gasteiger partial charge in [-0.2, -0.15) is 0 Å². The highest BCUT2D eigenvalue weighted by atomic mass is 32.2. The quantitative estimate of drug-likeness (QED) is 0.459.